The second-order valence-electron chi connectivity index (χ2n) is 10.4. The van der Waals surface area contributed by atoms with Gasteiger partial charge in [0.05, 0.1) is 25.4 Å². The topological polar surface area (TPSA) is 178 Å². The minimum atomic E-state index is -1.62. The zero-order valence-electron chi connectivity index (χ0n) is 23.2. The molecule has 7 N–H and O–H groups in total. The summed E-state index contributed by atoms with van der Waals surface area (Å²) in [5.74, 6) is -0.536. The van der Waals surface area contributed by atoms with Gasteiger partial charge in [0.15, 0.2) is 6.29 Å². The lowest BCUT2D eigenvalue weighted by Gasteiger charge is -2.40. The van der Waals surface area contributed by atoms with E-state index in [9.17, 15) is 35.4 Å². The molecule has 0 aromatic carbocycles. The van der Waals surface area contributed by atoms with Crippen LogP contribution in [0.4, 0.5) is 0 Å². The lowest BCUT2D eigenvalue weighted by atomic mass is 9.98. The van der Waals surface area contributed by atoms with Crippen LogP contribution in [0.25, 0.3) is 0 Å². The average molecular weight is 552 g/mol. The molecule has 0 bridgehead atoms. The number of rotatable bonds is 22. The van der Waals surface area contributed by atoms with Gasteiger partial charge >= 0.3 is 0 Å². The highest BCUT2D eigenvalue weighted by atomic mass is 16.7. The van der Waals surface area contributed by atoms with Gasteiger partial charge in [0.1, 0.15) is 37.1 Å². The van der Waals surface area contributed by atoms with Gasteiger partial charge in [-0.25, -0.2) is 0 Å². The Balaban J connectivity index is 2.43. The van der Waals surface area contributed by atoms with E-state index in [1.54, 1.807) is 0 Å². The van der Waals surface area contributed by atoms with E-state index in [1.165, 1.54) is 58.5 Å². The Morgan fingerprint density at radius 1 is 0.868 bits per heavy atom. The molecule has 1 aliphatic rings. The van der Waals surface area contributed by atoms with Crippen molar-refractivity contribution in [3.05, 3.63) is 0 Å². The minimum absolute atomic E-state index is 0.266. The molecule has 1 aliphatic heterocycles. The molecular weight excluding hydrogens is 498 g/mol. The first kappa shape index (κ1) is 35.1. The Bertz CT molecular complexity index is 596. The normalized spacial score (nSPS) is 26.2. The van der Waals surface area contributed by atoms with Gasteiger partial charge in [-0.05, 0) is 6.42 Å². The lowest BCUT2D eigenvalue weighted by molar-refractivity contribution is -0.303. The number of aliphatic hydroxyl groups excluding tert-OH is 6. The number of ether oxygens (including phenoxy) is 3. The summed E-state index contributed by atoms with van der Waals surface area (Å²) in [4.78, 5) is 12.1. The summed E-state index contributed by atoms with van der Waals surface area (Å²) >= 11 is 0. The maximum absolute atomic E-state index is 12.1. The van der Waals surface area contributed by atoms with Crippen LogP contribution in [-0.2, 0) is 19.0 Å². The van der Waals surface area contributed by atoms with Crippen LogP contribution in [0.15, 0.2) is 0 Å². The summed E-state index contributed by atoms with van der Waals surface area (Å²) < 4.78 is 15.6. The van der Waals surface area contributed by atoms with Crippen molar-refractivity contribution < 1.29 is 49.6 Å². The first-order valence-electron chi connectivity index (χ1n) is 14.3. The fourth-order valence-corrected chi connectivity index (χ4v) is 4.64. The van der Waals surface area contributed by atoms with E-state index in [-0.39, 0.29) is 13.2 Å². The summed E-state index contributed by atoms with van der Waals surface area (Å²) in [6, 6.07) is -1.06. The number of methoxy groups -OCH3 is 1. The lowest BCUT2D eigenvalue weighted by Crippen LogP contribution is -2.60. The van der Waals surface area contributed by atoms with Crippen molar-refractivity contribution >= 4 is 5.91 Å². The van der Waals surface area contributed by atoms with Gasteiger partial charge in [-0.15, -0.1) is 0 Å². The fourth-order valence-electron chi connectivity index (χ4n) is 4.64. The number of nitrogens with one attached hydrogen (secondary N) is 1. The highest BCUT2D eigenvalue weighted by molar-refractivity contribution is 5.77. The fraction of sp³-hybridized carbons (Fsp3) is 0.963. The van der Waals surface area contributed by atoms with Crippen LogP contribution < -0.4 is 5.32 Å². The summed E-state index contributed by atoms with van der Waals surface area (Å²) in [6.07, 6.45) is 4.70. The van der Waals surface area contributed by atoms with Gasteiger partial charge in [-0.3, -0.25) is 4.79 Å². The molecule has 38 heavy (non-hydrogen) atoms. The van der Waals surface area contributed by atoms with Crippen molar-refractivity contribution in [3.63, 3.8) is 0 Å². The second kappa shape index (κ2) is 20.9. The molecule has 1 heterocycles. The number of aliphatic hydroxyl groups is 6. The molecule has 0 aromatic rings. The minimum Gasteiger partial charge on any atom is -0.394 e. The summed E-state index contributed by atoms with van der Waals surface area (Å²) in [7, 11) is 1.35. The molecule has 1 saturated heterocycles. The maximum atomic E-state index is 12.1. The highest BCUT2D eigenvalue weighted by Crippen LogP contribution is 2.22. The first-order valence-corrected chi connectivity index (χ1v) is 14.3. The molecule has 0 unspecified atom stereocenters. The average Bonchev–Trinajstić information content (AvgIpc) is 2.90. The summed E-state index contributed by atoms with van der Waals surface area (Å²) in [5.41, 5.74) is 0. The molecule has 11 heteroatoms. The van der Waals surface area contributed by atoms with E-state index in [0.717, 1.165) is 25.7 Å². The SMILES string of the molecule is CCCCCCCCCCCCCC[C@@H](O)[C@@H](O)[C@H](CO[C@H]1O[C@H](CO)[C@H](O)[C@H](O)[C@H]1O)NC(=O)COC. The molecular formula is C27H53NO10. The van der Waals surface area contributed by atoms with Crippen molar-refractivity contribution in [2.45, 2.75) is 139 Å². The predicted octanol–water partition coefficient (Wildman–Crippen LogP) is 0.747. The van der Waals surface area contributed by atoms with Crippen LogP contribution in [-0.4, -0.2) is 112 Å². The van der Waals surface area contributed by atoms with Gasteiger partial charge in [0.25, 0.3) is 0 Å². The zero-order chi connectivity index (χ0) is 28.3. The second-order valence-corrected chi connectivity index (χ2v) is 10.4. The summed E-state index contributed by atoms with van der Waals surface area (Å²) in [5, 5.41) is 63.2. The monoisotopic (exact) mass is 551 g/mol. The maximum Gasteiger partial charge on any atom is 0.246 e. The molecule has 8 atom stereocenters. The number of unbranched alkanes of at least 4 members (excludes halogenated alkanes) is 11. The predicted molar refractivity (Wildman–Crippen MR) is 141 cm³/mol. The molecule has 0 saturated carbocycles. The largest absolute Gasteiger partial charge is 0.394 e. The summed E-state index contributed by atoms with van der Waals surface area (Å²) in [6.45, 7) is 0.980. The van der Waals surface area contributed by atoms with Gasteiger partial charge in [0, 0.05) is 7.11 Å². The van der Waals surface area contributed by atoms with Crippen LogP contribution in [0.3, 0.4) is 0 Å². The van der Waals surface area contributed by atoms with Crippen molar-refractivity contribution in [1.29, 1.82) is 0 Å². The zero-order valence-corrected chi connectivity index (χ0v) is 23.2. The number of amides is 1. The quantitative estimate of drug-likeness (QED) is 0.0950. The number of carbonyl (C=O) groups excluding carboxylic acids is 1. The third kappa shape index (κ3) is 13.5. The Labute approximate surface area is 227 Å². The first-order chi connectivity index (χ1) is 18.3. The van der Waals surface area contributed by atoms with Gasteiger partial charge in [-0.1, -0.05) is 84.0 Å². The van der Waals surface area contributed by atoms with Crippen LogP contribution in [0, 0.1) is 0 Å². The molecule has 1 rings (SSSR count). The molecule has 11 nitrogen and oxygen atoms in total. The van der Waals surface area contributed by atoms with Crippen LogP contribution in [0.1, 0.15) is 90.4 Å². The van der Waals surface area contributed by atoms with Crippen molar-refractivity contribution in [3.8, 4) is 0 Å². The Kier molecular flexibility index (Phi) is 19.4. The van der Waals surface area contributed by atoms with Gasteiger partial charge in [0.2, 0.25) is 5.91 Å². The van der Waals surface area contributed by atoms with Crippen LogP contribution >= 0.6 is 0 Å². The van der Waals surface area contributed by atoms with E-state index >= 15 is 0 Å². The van der Waals surface area contributed by atoms with Crippen molar-refractivity contribution in [2.24, 2.45) is 0 Å². The number of carbonyl (C=O) groups is 1. The third-order valence-electron chi connectivity index (χ3n) is 7.07. The Morgan fingerprint density at radius 2 is 1.42 bits per heavy atom. The Hall–Kier alpha value is -0.890. The van der Waals surface area contributed by atoms with E-state index in [2.05, 4.69) is 12.2 Å². The third-order valence-corrected chi connectivity index (χ3v) is 7.07. The van der Waals surface area contributed by atoms with Crippen LogP contribution in [0.2, 0.25) is 0 Å². The smallest absolute Gasteiger partial charge is 0.246 e. The van der Waals surface area contributed by atoms with E-state index in [4.69, 9.17) is 14.2 Å². The highest BCUT2D eigenvalue weighted by Gasteiger charge is 2.44. The van der Waals surface area contributed by atoms with Gasteiger partial charge < -0.3 is 50.2 Å². The van der Waals surface area contributed by atoms with Crippen molar-refractivity contribution in [2.75, 3.05) is 26.9 Å². The molecule has 0 radical (unpaired) electrons. The molecule has 0 aromatic heterocycles. The standard InChI is InChI=1S/C27H53NO10/c1-3-4-5-6-7-8-9-10-11-12-13-14-15-20(30)23(32)19(28-22(31)18-36-2)17-37-27-26(35)25(34)24(33)21(16-29)38-27/h19-21,23-27,29-30,32-35H,3-18H2,1-2H3,(H,28,31)/t19-,20+,21+,23-,24-,25-,26+,27-/m0/s1. The molecule has 226 valence electrons. The van der Waals surface area contributed by atoms with E-state index in [1.807, 2.05) is 0 Å². The molecule has 0 aliphatic carbocycles. The Morgan fingerprint density at radius 3 is 1.95 bits per heavy atom. The molecule has 1 fully saturated rings. The van der Waals surface area contributed by atoms with Gasteiger partial charge in [-0.2, -0.15) is 0 Å². The van der Waals surface area contributed by atoms with E-state index < -0.39 is 61.5 Å². The van der Waals surface area contributed by atoms with E-state index in [0.29, 0.717) is 6.42 Å². The molecule has 0 spiro atoms. The van der Waals surface area contributed by atoms with Crippen LogP contribution in [0.5, 0.6) is 0 Å². The van der Waals surface area contributed by atoms with Crippen molar-refractivity contribution in [1.82, 2.24) is 5.32 Å². The number of hydrogen-bond donors (Lipinski definition) is 7. The molecule has 1 amide bonds. The number of hydrogen-bond acceptors (Lipinski definition) is 10.